The molecule has 88 valence electrons. The second-order valence-electron chi connectivity index (χ2n) is 5.97. The Balaban J connectivity index is 2.44. The summed E-state index contributed by atoms with van der Waals surface area (Å²) in [6.45, 7) is 8.43. The van der Waals surface area contributed by atoms with Crippen molar-refractivity contribution >= 4 is 11.6 Å². The van der Waals surface area contributed by atoms with Crippen LogP contribution in [-0.4, -0.2) is 11.6 Å². The van der Waals surface area contributed by atoms with E-state index in [9.17, 15) is 9.59 Å². The molecule has 2 aliphatic carbocycles. The van der Waals surface area contributed by atoms with E-state index >= 15 is 0 Å². The SMILES string of the molecule is CC(C)C1C[C@]2(C)C(=CC(=O)C[C@H]2C)C1=O. The lowest BCUT2D eigenvalue weighted by molar-refractivity contribution is -0.120. The van der Waals surface area contributed by atoms with Crippen molar-refractivity contribution in [2.75, 3.05) is 0 Å². The second-order valence-corrected chi connectivity index (χ2v) is 5.97. The Hall–Kier alpha value is -0.920. The van der Waals surface area contributed by atoms with Crippen LogP contribution in [0.4, 0.5) is 0 Å². The molecule has 0 N–H and O–H groups in total. The third kappa shape index (κ3) is 1.47. The van der Waals surface area contributed by atoms with Crippen LogP contribution in [0.3, 0.4) is 0 Å². The van der Waals surface area contributed by atoms with Gasteiger partial charge < -0.3 is 0 Å². The van der Waals surface area contributed by atoms with Gasteiger partial charge in [-0.3, -0.25) is 9.59 Å². The molecule has 0 amide bonds. The molecular formula is C14H20O2. The van der Waals surface area contributed by atoms with E-state index in [0.29, 0.717) is 18.3 Å². The second kappa shape index (κ2) is 3.54. The largest absolute Gasteiger partial charge is 0.295 e. The van der Waals surface area contributed by atoms with Gasteiger partial charge in [-0.25, -0.2) is 0 Å². The van der Waals surface area contributed by atoms with Gasteiger partial charge in [0.2, 0.25) is 0 Å². The van der Waals surface area contributed by atoms with Crippen LogP contribution in [0.1, 0.15) is 40.5 Å². The van der Waals surface area contributed by atoms with Gasteiger partial charge >= 0.3 is 0 Å². The highest BCUT2D eigenvalue weighted by molar-refractivity contribution is 6.08. The smallest absolute Gasteiger partial charge is 0.162 e. The number of Topliss-reactive ketones (excluding diaryl/α,β-unsaturated/α-hetero) is 1. The lowest BCUT2D eigenvalue weighted by atomic mass is 9.68. The molecule has 3 atom stereocenters. The zero-order valence-corrected chi connectivity index (χ0v) is 10.5. The average molecular weight is 220 g/mol. The minimum atomic E-state index is -0.0556. The van der Waals surface area contributed by atoms with Crippen molar-refractivity contribution in [2.24, 2.45) is 23.2 Å². The van der Waals surface area contributed by atoms with E-state index in [4.69, 9.17) is 0 Å². The molecule has 1 unspecified atom stereocenters. The lowest BCUT2D eigenvalue weighted by Gasteiger charge is -2.35. The van der Waals surface area contributed by atoms with E-state index in [-0.39, 0.29) is 22.9 Å². The Labute approximate surface area is 97.1 Å². The van der Waals surface area contributed by atoms with E-state index in [2.05, 4.69) is 27.7 Å². The molecule has 0 aromatic carbocycles. The summed E-state index contributed by atoms with van der Waals surface area (Å²) in [6, 6.07) is 0. The van der Waals surface area contributed by atoms with Crippen LogP contribution in [0, 0.1) is 23.2 Å². The standard InChI is InChI=1S/C14H20O2/c1-8(2)11-7-14(4)9(3)5-10(15)6-12(14)13(11)16/h6,8-9,11H,5,7H2,1-4H3/t9-,11?,14+/m1/s1. The number of carbonyl (C=O) groups excluding carboxylic acids is 2. The first-order valence-corrected chi connectivity index (χ1v) is 6.15. The minimum absolute atomic E-state index is 0.0556. The Bertz CT molecular complexity index is 378. The fraction of sp³-hybridized carbons (Fsp3) is 0.714. The highest BCUT2D eigenvalue weighted by Crippen LogP contribution is 2.53. The fourth-order valence-corrected chi connectivity index (χ4v) is 3.13. The zero-order valence-electron chi connectivity index (χ0n) is 10.5. The van der Waals surface area contributed by atoms with E-state index in [0.717, 1.165) is 12.0 Å². The van der Waals surface area contributed by atoms with Crippen LogP contribution in [0.5, 0.6) is 0 Å². The van der Waals surface area contributed by atoms with Crippen molar-refractivity contribution in [3.63, 3.8) is 0 Å². The molecule has 0 aromatic rings. The first-order valence-electron chi connectivity index (χ1n) is 6.15. The molecule has 0 saturated heterocycles. The number of hydrogen-bond donors (Lipinski definition) is 0. The van der Waals surface area contributed by atoms with Crippen molar-refractivity contribution in [1.82, 2.24) is 0 Å². The van der Waals surface area contributed by atoms with Gasteiger partial charge in [0.25, 0.3) is 0 Å². The maximum absolute atomic E-state index is 12.3. The number of ketones is 2. The monoisotopic (exact) mass is 220 g/mol. The van der Waals surface area contributed by atoms with Crippen molar-refractivity contribution in [3.05, 3.63) is 11.6 Å². The van der Waals surface area contributed by atoms with Crippen LogP contribution in [0.25, 0.3) is 0 Å². The van der Waals surface area contributed by atoms with Crippen LogP contribution in [0.2, 0.25) is 0 Å². The molecule has 2 heteroatoms. The molecule has 16 heavy (non-hydrogen) atoms. The molecule has 2 rings (SSSR count). The van der Waals surface area contributed by atoms with Crippen molar-refractivity contribution in [3.8, 4) is 0 Å². The molecule has 1 saturated carbocycles. The zero-order chi connectivity index (χ0) is 12.1. The molecule has 0 radical (unpaired) electrons. The summed E-state index contributed by atoms with van der Waals surface area (Å²) in [7, 11) is 0. The summed E-state index contributed by atoms with van der Waals surface area (Å²) >= 11 is 0. The highest BCUT2D eigenvalue weighted by Gasteiger charge is 2.51. The summed E-state index contributed by atoms with van der Waals surface area (Å²) in [5.74, 6) is 1.13. The maximum atomic E-state index is 12.3. The fourth-order valence-electron chi connectivity index (χ4n) is 3.13. The van der Waals surface area contributed by atoms with Gasteiger partial charge in [-0.15, -0.1) is 0 Å². The quantitative estimate of drug-likeness (QED) is 0.681. The summed E-state index contributed by atoms with van der Waals surface area (Å²) in [5.41, 5.74) is 0.745. The molecule has 0 bridgehead atoms. The number of hydrogen-bond acceptors (Lipinski definition) is 2. The molecule has 0 spiro atoms. The molecule has 0 heterocycles. The van der Waals surface area contributed by atoms with E-state index in [1.165, 1.54) is 0 Å². The van der Waals surface area contributed by atoms with E-state index in [1.54, 1.807) is 6.08 Å². The minimum Gasteiger partial charge on any atom is -0.295 e. The number of fused-ring (bicyclic) bond motifs is 1. The van der Waals surface area contributed by atoms with Gasteiger partial charge in [0.05, 0.1) is 0 Å². The number of rotatable bonds is 1. The maximum Gasteiger partial charge on any atom is 0.162 e. The van der Waals surface area contributed by atoms with Gasteiger partial charge in [0, 0.05) is 17.9 Å². The summed E-state index contributed by atoms with van der Waals surface area (Å²) < 4.78 is 0. The molecule has 2 aliphatic rings. The third-order valence-corrected chi connectivity index (χ3v) is 4.57. The Kier molecular flexibility index (Phi) is 2.56. The lowest BCUT2D eigenvalue weighted by Crippen LogP contribution is -2.31. The molecule has 1 fully saturated rings. The van der Waals surface area contributed by atoms with E-state index < -0.39 is 0 Å². The van der Waals surface area contributed by atoms with Crippen LogP contribution >= 0.6 is 0 Å². The van der Waals surface area contributed by atoms with Crippen LogP contribution in [0.15, 0.2) is 11.6 Å². The highest BCUT2D eigenvalue weighted by atomic mass is 16.1. The first kappa shape index (κ1) is 11.6. The Morgan fingerprint density at radius 1 is 1.38 bits per heavy atom. The topological polar surface area (TPSA) is 34.1 Å². The van der Waals surface area contributed by atoms with Crippen LogP contribution in [-0.2, 0) is 9.59 Å². The summed E-state index contributed by atoms with van der Waals surface area (Å²) in [4.78, 5) is 23.8. The first-order chi connectivity index (χ1) is 7.36. The van der Waals surface area contributed by atoms with Gasteiger partial charge in [0.1, 0.15) is 0 Å². The normalized spacial score (nSPS) is 38.9. The van der Waals surface area contributed by atoms with Gasteiger partial charge in [-0.2, -0.15) is 0 Å². The van der Waals surface area contributed by atoms with Crippen molar-refractivity contribution in [2.45, 2.75) is 40.5 Å². The summed E-state index contributed by atoms with van der Waals surface area (Å²) in [6.07, 6.45) is 3.13. The predicted octanol–water partition coefficient (Wildman–Crippen LogP) is 2.77. The van der Waals surface area contributed by atoms with Crippen molar-refractivity contribution < 1.29 is 9.59 Å². The average Bonchev–Trinajstić information content (AvgIpc) is 2.43. The summed E-state index contributed by atoms with van der Waals surface area (Å²) in [5, 5.41) is 0. The molecule has 2 nitrogen and oxygen atoms in total. The van der Waals surface area contributed by atoms with Crippen molar-refractivity contribution in [1.29, 1.82) is 0 Å². The van der Waals surface area contributed by atoms with Gasteiger partial charge in [-0.05, 0) is 29.7 Å². The third-order valence-electron chi connectivity index (χ3n) is 4.57. The van der Waals surface area contributed by atoms with Crippen LogP contribution < -0.4 is 0 Å². The van der Waals surface area contributed by atoms with E-state index in [1.807, 2.05) is 0 Å². The predicted molar refractivity (Wildman–Crippen MR) is 62.9 cm³/mol. The Morgan fingerprint density at radius 2 is 2.00 bits per heavy atom. The number of carbonyl (C=O) groups is 2. The molecular weight excluding hydrogens is 200 g/mol. The van der Waals surface area contributed by atoms with Gasteiger partial charge in [0.15, 0.2) is 11.6 Å². The Morgan fingerprint density at radius 3 is 2.56 bits per heavy atom. The molecule has 0 aliphatic heterocycles. The van der Waals surface area contributed by atoms with Gasteiger partial charge in [-0.1, -0.05) is 27.7 Å². The molecule has 0 aromatic heterocycles. The number of allylic oxidation sites excluding steroid dienone is 2.